The molecule has 2 N–H and O–H groups in total. The Morgan fingerprint density at radius 1 is 1.38 bits per heavy atom. The number of nitrogen functional groups attached to an aromatic ring is 1. The number of amides is 1. The van der Waals surface area contributed by atoms with Crippen LogP contribution in [0.15, 0.2) is 24.3 Å². The van der Waals surface area contributed by atoms with Crippen molar-refractivity contribution in [2.24, 2.45) is 5.92 Å². The molecule has 0 saturated heterocycles. The van der Waals surface area contributed by atoms with E-state index in [0.717, 1.165) is 23.8 Å². The van der Waals surface area contributed by atoms with E-state index in [4.69, 9.17) is 10.5 Å². The molecule has 1 fully saturated rings. The molecule has 4 nitrogen and oxygen atoms in total. The number of carbonyl (C=O) groups excluding carboxylic acids is 1. The van der Waals surface area contributed by atoms with Crippen molar-refractivity contribution in [3.63, 3.8) is 0 Å². The Hall–Kier alpha value is -1.26. The lowest BCUT2D eigenvalue weighted by Crippen LogP contribution is -2.30. The Morgan fingerprint density at radius 2 is 2.10 bits per heavy atom. The SMILES string of the molecule is CN(CCOCC1CC1)C(=O)CCc1ccccc1N.Cl. The second kappa shape index (κ2) is 8.90. The van der Waals surface area contributed by atoms with E-state index in [1.807, 2.05) is 31.3 Å². The molecule has 21 heavy (non-hydrogen) atoms. The third-order valence-electron chi connectivity index (χ3n) is 3.71. The number of ether oxygens (including phenoxy) is 1. The summed E-state index contributed by atoms with van der Waals surface area (Å²) in [6.07, 6.45) is 3.78. The molecule has 0 unspecified atom stereocenters. The highest BCUT2D eigenvalue weighted by Gasteiger charge is 2.21. The minimum atomic E-state index is 0. The average molecular weight is 313 g/mol. The molecule has 118 valence electrons. The van der Waals surface area contributed by atoms with Crippen molar-refractivity contribution in [3.8, 4) is 0 Å². The molecule has 0 aromatic heterocycles. The average Bonchev–Trinajstić information content (AvgIpc) is 3.26. The normalized spacial score (nSPS) is 13.6. The third kappa shape index (κ3) is 6.36. The van der Waals surface area contributed by atoms with Crippen molar-refractivity contribution >= 4 is 24.0 Å². The minimum Gasteiger partial charge on any atom is -0.399 e. The molecular formula is C16H25ClN2O2. The largest absolute Gasteiger partial charge is 0.399 e. The van der Waals surface area contributed by atoms with Gasteiger partial charge in [0.25, 0.3) is 0 Å². The van der Waals surface area contributed by atoms with Crippen LogP contribution in [0.3, 0.4) is 0 Å². The standard InChI is InChI=1S/C16H24N2O2.ClH/c1-18(10-11-20-12-13-6-7-13)16(19)9-8-14-4-2-3-5-15(14)17;/h2-5,13H,6-12,17H2,1H3;1H. The zero-order valence-corrected chi connectivity index (χ0v) is 13.4. The molecule has 0 radical (unpaired) electrons. The zero-order valence-electron chi connectivity index (χ0n) is 12.6. The fourth-order valence-corrected chi connectivity index (χ4v) is 2.06. The summed E-state index contributed by atoms with van der Waals surface area (Å²) in [5, 5.41) is 0. The number of rotatable bonds is 8. The molecule has 0 aliphatic heterocycles. The molecule has 1 aliphatic carbocycles. The summed E-state index contributed by atoms with van der Waals surface area (Å²) in [4.78, 5) is 13.7. The quantitative estimate of drug-likeness (QED) is 0.593. The molecule has 1 saturated carbocycles. The van der Waals surface area contributed by atoms with E-state index in [-0.39, 0.29) is 18.3 Å². The third-order valence-corrected chi connectivity index (χ3v) is 3.71. The summed E-state index contributed by atoms with van der Waals surface area (Å²) in [5.41, 5.74) is 7.67. The van der Waals surface area contributed by atoms with Gasteiger partial charge in [0.05, 0.1) is 6.61 Å². The topological polar surface area (TPSA) is 55.6 Å². The van der Waals surface area contributed by atoms with E-state index in [1.165, 1.54) is 12.8 Å². The van der Waals surface area contributed by atoms with Crippen LogP contribution in [0.2, 0.25) is 0 Å². The summed E-state index contributed by atoms with van der Waals surface area (Å²) < 4.78 is 5.55. The predicted octanol–water partition coefficient (Wildman–Crippen LogP) is 2.51. The maximum atomic E-state index is 12.0. The summed E-state index contributed by atoms with van der Waals surface area (Å²) in [5.74, 6) is 0.917. The van der Waals surface area contributed by atoms with E-state index < -0.39 is 0 Å². The Labute approximate surface area is 133 Å². The molecule has 0 bridgehead atoms. The molecule has 0 heterocycles. The van der Waals surface area contributed by atoms with E-state index in [9.17, 15) is 4.79 Å². The Morgan fingerprint density at radius 3 is 2.76 bits per heavy atom. The number of anilines is 1. The number of carbonyl (C=O) groups is 1. The second-order valence-electron chi connectivity index (χ2n) is 5.53. The number of likely N-dealkylation sites (N-methyl/N-ethyl adjacent to an activating group) is 1. The van der Waals surface area contributed by atoms with Crippen molar-refractivity contribution in [2.45, 2.75) is 25.7 Å². The highest BCUT2D eigenvalue weighted by atomic mass is 35.5. The first-order valence-corrected chi connectivity index (χ1v) is 7.32. The number of halogens is 1. The monoisotopic (exact) mass is 312 g/mol. The molecule has 1 aliphatic rings. The van der Waals surface area contributed by atoms with Gasteiger partial charge in [0, 0.05) is 32.3 Å². The smallest absolute Gasteiger partial charge is 0.222 e. The highest BCUT2D eigenvalue weighted by Crippen LogP contribution is 2.28. The van der Waals surface area contributed by atoms with Gasteiger partial charge in [0.15, 0.2) is 0 Å². The van der Waals surface area contributed by atoms with E-state index in [0.29, 0.717) is 26.0 Å². The number of nitrogens with zero attached hydrogens (tertiary/aromatic N) is 1. The molecule has 5 heteroatoms. The summed E-state index contributed by atoms with van der Waals surface area (Å²) >= 11 is 0. The van der Waals surface area contributed by atoms with Crippen molar-refractivity contribution in [3.05, 3.63) is 29.8 Å². The summed E-state index contributed by atoms with van der Waals surface area (Å²) in [6, 6.07) is 7.70. The second-order valence-corrected chi connectivity index (χ2v) is 5.53. The van der Waals surface area contributed by atoms with Gasteiger partial charge in [-0.15, -0.1) is 12.4 Å². The molecule has 2 rings (SSSR count). The molecule has 1 aromatic rings. The molecule has 1 amide bonds. The van der Waals surface area contributed by atoms with Crippen LogP contribution in [0.4, 0.5) is 5.69 Å². The Kier molecular flexibility index (Phi) is 7.54. The predicted molar refractivity (Wildman–Crippen MR) is 87.6 cm³/mol. The Bertz CT molecular complexity index is 450. The van der Waals surface area contributed by atoms with Gasteiger partial charge < -0.3 is 15.4 Å². The van der Waals surface area contributed by atoms with Gasteiger partial charge in [0.2, 0.25) is 5.91 Å². The van der Waals surface area contributed by atoms with Gasteiger partial charge in [0.1, 0.15) is 0 Å². The number of nitrogens with two attached hydrogens (primary N) is 1. The lowest BCUT2D eigenvalue weighted by molar-refractivity contribution is -0.130. The maximum Gasteiger partial charge on any atom is 0.222 e. The fourth-order valence-electron chi connectivity index (χ4n) is 2.06. The first kappa shape index (κ1) is 17.8. The first-order chi connectivity index (χ1) is 9.66. The van der Waals surface area contributed by atoms with Crippen molar-refractivity contribution < 1.29 is 9.53 Å². The summed E-state index contributed by atoms with van der Waals surface area (Å²) in [6.45, 7) is 2.14. The lowest BCUT2D eigenvalue weighted by atomic mass is 10.1. The van der Waals surface area contributed by atoms with Gasteiger partial charge in [-0.1, -0.05) is 18.2 Å². The fraction of sp³-hybridized carbons (Fsp3) is 0.562. The lowest BCUT2D eigenvalue weighted by Gasteiger charge is -2.17. The van der Waals surface area contributed by atoms with Crippen molar-refractivity contribution in [1.29, 1.82) is 0 Å². The van der Waals surface area contributed by atoms with Crippen LogP contribution < -0.4 is 5.73 Å². The van der Waals surface area contributed by atoms with Gasteiger partial charge in [-0.25, -0.2) is 0 Å². The van der Waals surface area contributed by atoms with Crippen LogP contribution in [-0.4, -0.2) is 37.6 Å². The first-order valence-electron chi connectivity index (χ1n) is 7.32. The number of hydrogen-bond acceptors (Lipinski definition) is 3. The summed E-state index contributed by atoms with van der Waals surface area (Å²) in [7, 11) is 1.83. The van der Waals surface area contributed by atoms with Gasteiger partial charge in [-0.3, -0.25) is 4.79 Å². The number of aryl methyl sites for hydroxylation is 1. The molecule has 0 spiro atoms. The molecule has 0 atom stereocenters. The maximum absolute atomic E-state index is 12.0. The van der Waals surface area contributed by atoms with E-state index >= 15 is 0 Å². The highest BCUT2D eigenvalue weighted by molar-refractivity contribution is 5.85. The van der Waals surface area contributed by atoms with Gasteiger partial charge in [-0.05, 0) is 36.8 Å². The molecule has 1 aromatic carbocycles. The number of para-hydroxylation sites is 1. The van der Waals surface area contributed by atoms with Crippen LogP contribution in [0.25, 0.3) is 0 Å². The Balaban J connectivity index is 0.00000220. The van der Waals surface area contributed by atoms with E-state index in [1.54, 1.807) is 4.90 Å². The van der Waals surface area contributed by atoms with Crippen LogP contribution in [0.1, 0.15) is 24.8 Å². The van der Waals surface area contributed by atoms with Crippen LogP contribution in [-0.2, 0) is 16.0 Å². The minimum absolute atomic E-state index is 0. The van der Waals surface area contributed by atoms with Crippen molar-refractivity contribution in [2.75, 3.05) is 32.5 Å². The molecular weight excluding hydrogens is 288 g/mol. The number of benzene rings is 1. The van der Waals surface area contributed by atoms with Crippen LogP contribution in [0.5, 0.6) is 0 Å². The van der Waals surface area contributed by atoms with Gasteiger partial charge in [-0.2, -0.15) is 0 Å². The van der Waals surface area contributed by atoms with Crippen LogP contribution in [0, 0.1) is 5.92 Å². The zero-order chi connectivity index (χ0) is 14.4. The van der Waals surface area contributed by atoms with E-state index in [2.05, 4.69) is 0 Å². The number of hydrogen-bond donors (Lipinski definition) is 1. The van der Waals surface area contributed by atoms with Gasteiger partial charge >= 0.3 is 0 Å². The van der Waals surface area contributed by atoms with Crippen LogP contribution >= 0.6 is 12.4 Å². The van der Waals surface area contributed by atoms with Crippen molar-refractivity contribution in [1.82, 2.24) is 4.90 Å².